The number of nitrogens with zero attached hydrogens (tertiary/aromatic N) is 3. The average molecular weight is 590 g/mol. The van der Waals surface area contributed by atoms with Crippen molar-refractivity contribution in [1.82, 2.24) is 15.0 Å². The molecule has 0 saturated heterocycles. The van der Waals surface area contributed by atoms with Crippen molar-refractivity contribution in [2.75, 3.05) is 0 Å². The van der Waals surface area contributed by atoms with Crippen LogP contribution >= 0.6 is 0 Å². The lowest BCUT2D eigenvalue weighted by Crippen LogP contribution is -2.11. The van der Waals surface area contributed by atoms with E-state index in [2.05, 4.69) is 66.7 Å². The Bertz CT molecular complexity index is 2220. The number of ketones is 1. The Labute approximate surface area is 266 Å². The van der Waals surface area contributed by atoms with Crippen LogP contribution in [0.25, 0.3) is 66.6 Å². The van der Waals surface area contributed by atoms with E-state index < -0.39 is 0 Å². The molecule has 1 heterocycles. The molecule has 0 saturated carbocycles. The molecule has 0 spiro atoms. The van der Waals surface area contributed by atoms with Crippen molar-refractivity contribution < 1.29 is 4.79 Å². The molecule has 0 aliphatic carbocycles. The van der Waals surface area contributed by atoms with Gasteiger partial charge in [0.05, 0.1) is 0 Å². The SMILES string of the molecule is O=C(c1cc(-c2ccccc2)cc(-c2ccccc2)c1)c1nc(-c2cccc3ccccc23)nc(-c2cccc3ccccc23)n1. The molecule has 0 aliphatic heterocycles. The van der Waals surface area contributed by atoms with Gasteiger partial charge in [-0.1, -0.05) is 146 Å². The number of hydrogen-bond donors (Lipinski definition) is 0. The molecule has 4 heteroatoms. The minimum absolute atomic E-state index is 0.102. The maximum absolute atomic E-state index is 14.6. The maximum Gasteiger partial charge on any atom is 0.230 e. The number of rotatable bonds is 6. The third-order valence-corrected chi connectivity index (χ3v) is 8.31. The third kappa shape index (κ3) is 5.12. The molecular weight excluding hydrogens is 562 g/mol. The van der Waals surface area contributed by atoms with Gasteiger partial charge < -0.3 is 0 Å². The van der Waals surface area contributed by atoms with Crippen LogP contribution < -0.4 is 0 Å². The Morgan fingerprint density at radius 1 is 0.391 bits per heavy atom. The van der Waals surface area contributed by atoms with Crippen molar-refractivity contribution in [1.29, 1.82) is 0 Å². The van der Waals surface area contributed by atoms with Crippen molar-refractivity contribution in [2.24, 2.45) is 0 Å². The highest BCUT2D eigenvalue weighted by molar-refractivity contribution is 6.09. The van der Waals surface area contributed by atoms with Gasteiger partial charge in [0.2, 0.25) is 11.6 Å². The van der Waals surface area contributed by atoms with E-state index >= 15 is 0 Å². The van der Waals surface area contributed by atoms with Crippen molar-refractivity contribution in [3.8, 4) is 45.0 Å². The summed E-state index contributed by atoms with van der Waals surface area (Å²) in [6.45, 7) is 0. The lowest BCUT2D eigenvalue weighted by Gasteiger charge is -2.13. The van der Waals surface area contributed by atoms with Gasteiger partial charge in [0, 0.05) is 16.7 Å². The van der Waals surface area contributed by atoms with Gasteiger partial charge in [0.1, 0.15) is 0 Å². The van der Waals surface area contributed by atoms with Crippen molar-refractivity contribution >= 4 is 27.3 Å². The molecule has 46 heavy (non-hydrogen) atoms. The van der Waals surface area contributed by atoms with Gasteiger partial charge in [-0.3, -0.25) is 4.79 Å². The number of benzene rings is 7. The molecule has 8 aromatic rings. The van der Waals surface area contributed by atoms with Crippen molar-refractivity contribution in [3.63, 3.8) is 0 Å². The number of fused-ring (bicyclic) bond motifs is 2. The lowest BCUT2D eigenvalue weighted by atomic mass is 9.94. The molecule has 8 rings (SSSR count). The highest BCUT2D eigenvalue weighted by Gasteiger charge is 2.21. The van der Waals surface area contributed by atoms with Crippen LogP contribution in [0.4, 0.5) is 0 Å². The van der Waals surface area contributed by atoms with Crippen molar-refractivity contribution in [2.45, 2.75) is 0 Å². The molecule has 0 bridgehead atoms. The summed E-state index contributed by atoms with van der Waals surface area (Å²) in [4.78, 5) is 29.3. The Kier molecular flexibility index (Phi) is 6.93. The van der Waals surface area contributed by atoms with Crippen LogP contribution in [0.1, 0.15) is 16.2 Å². The van der Waals surface area contributed by atoms with Gasteiger partial charge in [0.25, 0.3) is 0 Å². The Morgan fingerprint density at radius 3 is 1.33 bits per heavy atom. The van der Waals surface area contributed by atoms with Crippen molar-refractivity contribution in [3.05, 3.63) is 175 Å². The summed E-state index contributed by atoms with van der Waals surface area (Å²) in [6.07, 6.45) is 0. The van der Waals surface area contributed by atoms with Crippen LogP contribution in [-0.4, -0.2) is 20.7 Å². The molecule has 0 aliphatic rings. The monoisotopic (exact) mass is 589 g/mol. The summed E-state index contributed by atoms with van der Waals surface area (Å²) in [6, 6.07) is 54.6. The summed E-state index contributed by atoms with van der Waals surface area (Å²) in [5.41, 5.74) is 6.15. The topological polar surface area (TPSA) is 55.7 Å². The van der Waals surface area contributed by atoms with Gasteiger partial charge in [-0.25, -0.2) is 15.0 Å². The quantitative estimate of drug-likeness (QED) is 0.181. The smallest absolute Gasteiger partial charge is 0.230 e. The fraction of sp³-hybridized carbons (Fsp3) is 0. The zero-order chi connectivity index (χ0) is 30.9. The molecule has 0 amide bonds. The van der Waals surface area contributed by atoms with E-state index in [0.717, 1.165) is 54.9 Å². The average Bonchev–Trinajstić information content (AvgIpc) is 3.14. The molecule has 7 aromatic carbocycles. The second-order valence-electron chi connectivity index (χ2n) is 11.2. The van der Waals surface area contributed by atoms with E-state index in [9.17, 15) is 4.79 Å². The Morgan fingerprint density at radius 2 is 0.826 bits per heavy atom. The normalized spacial score (nSPS) is 11.1. The minimum Gasteiger partial charge on any atom is -0.285 e. The van der Waals surface area contributed by atoms with E-state index in [4.69, 9.17) is 15.0 Å². The third-order valence-electron chi connectivity index (χ3n) is 8.31. The minimum atomic E-state index is -0.264. The zero-order valence-electron chi connectivity index (χ0n) is 24.8. The number of aromatic nitrogens is 3. The first kappa shape index (κ1) is 27.3. The summed E-state index contributed by atoms with van der Waals surface area (Å²) in [7, 11) is 0. The predicted octanol–water partition coefficient (Wildman–Crippen LogP) is 10.1. The van der Waals surface area contributed by atoms with Gasteiger partial charge in [-0.15, -0.1) is 0 Å². The second-order valence-corrected chi connectivity index (χ2v) is 11.2. The summed E-state index contributed by atoms with van der Waals surface area (Å²) in [5, 5.41) is 4.16. The van der Waals surface area contributed by atoms with Crippen LogP contribution in [-0.2, 0) is 0 Å². The lowest BCUT2D eigenvalue weighted by molar-refractivity contribution is 0.102. The molecule has 0 N–H and O–H groups in total. The van der Waals surface area contributed by atoms with Crippen LogP contribution in [0, 0.1) is 0 Å². The number of carbonyl (C=O) groups excluding carboxylic acids is 1. The molecule has 216 valence electrons. The number of carbonyl (C=O) groups is 1. The summed E-state index contributed by atoms with van der Waals surface area (Å²) < 4.78 is 0. The molecule has 0 radical (unpaired) electrons. The first-order valence-electron chi connectivity index (χ1n) is 15.2. The van der Waals surface area contributed by atoms with E-state index in [1.807, 2.05) is 97.1 Å². The molecule has 0 fully saturated rings. The molecule has 0 unspecified atom stereocenters. The van der Waals surface area contributed by atoms with Gasteiger partial charge in [-0.2, -0.15) is 0 Å². The van der Waals surface area contributed by atoms with Gasteiger partial charge in [0.15, 0.2) is 11.6 Å². The fourth-order valence-corrected chi connectivity index (χ4v) is 6.04. The first-order valence-corrected chi connectivity index (χ1v) is 15.2. The van der Waals surface area contributed by atoms with Crippen LogP contribution in [0.5, 0.6) is 0 Å². The maximum atomic E-state index is 14.6. The predicted molar refractivity (Wildman–Crippen MR) is 186 cm³/mol. The standard InChI is InChI=1S/C42H27N3O/c46-39(34-26-32(28-13-3-1-4-14-28)25-33(27-34)29-15-5-2-6-16-29)42-44-40(37-23-11-19-30-17-7-9-21-35(30)37)43-41(45-42)38-24-12-20-31-18-8-10-22-36(31)38/h1-27H. The molecule has 1 aromatic heterocycles. The fourth-order valence-electron chi connectivity index (χ4n) is 6.04. The summed E-state index contributed by atoms with van der Waals surface area (Å²) in [5.74, 6) is 0.756. The zero-order valence-corrected chi connectivity index (χ0v) is 24.8. The van der Waals surface area contributed by atoms with Crippen LogP contribution in [0.3, 0.4) is 0 Å². The number of hydrogen-bond acceptors (Lipinski definition) is 4. The van der Waals surface area contributed by atoms with Gasteiger partial charge >= 0.3 is 0 Å². The second kappa shape index (κ2) is 11.7. The van der Waals surface area contributed by atoms with E-state index in [1.165, 1.54) is 0 Å². The van der Waals surface area contributed by atoms with Gasteiger partial charge in [-0.05, 0) is 62.0 Å². The van der Waals surface area contributed by atoms with E-state index in [1.54, 1.807) is 0 Å². The molecule has 0 atom stereocenters. The first-order chi connectivity index (χ1) is 22.7. The van der Waals surface area contributed by atoms with E-state index in [0.29, 0.717) is 17.2 Å². The Balaban J connectivity index is 1.35. The summed E-state index contributed by atoms with van der Waals surface area (Å²) >= 11 is 0. The van der Waals surface area contributed by atoms with Crippen LogP contribution in [0.2, 0.25) is 0 Å². The highest BCUT2D eigenvalue weighted by atomic mass is 16.1. The molecular formula is C42H27N3O. The highest BCUT2D eigenvalue weighted by Crippen LogP contribution is 2.32. The molecule has 4 nitrogen and oxygen atoms in total. The van der Waals surface area contributed by atoms with E-state index in [-0.39, 0.29) is 11.6 Å². The Hall–Kier alpha value is -6.26. The van der Waals surface area contributed by atoms with Crippen LogP contribution in [0.15, 0.2) is 164 Å². The largest absolute Gasteiger partial charge is 0.285 e.